The van der Waals surface area contributed by atoms with Gasteiger partial charge in [-0.25, -0.2) is 19.6 Å². The summed E-state index contributed by atoms with van der Waals surface area (Å²) in [6.45, 7) is 2.06. The Bertz CT molecular complexity index is 141. The molecule has 2 atom stereocenters. The Morgan fingerprint density at radius 2 is 1.46 bits per heavy atom. The van der Waals surface area contributed by atoms with E-state index in [-0.39, 0.29) is 17.5 Å². The molecule has 0 heterocycles. The second kappa shape index (κ2) is 5.17. The zero-order valence-corrected chi connectivity index (χ0v) is 9.17. The van der Waals surface area contributed by atoms with E-state index in [2.05, 4.69) is 16.7 Å². The Balaban J connectivity index is 2.42. The summed E-state index contributed by atoms with van der Waals surface area (Å²) < 4.78 is 0. The quantitative estimate of drug-likeness (QED) is 0.502. The fourth-order valence-electron chi connectivity index (χ4n) is 1.60. The smallest absolute Gasteiger partial charge is 0.113 e. The van der Waals surface area contributed by atoms with E-state index in [1.54, 1.807) is 11.8 Å². The third-order valence-electron chi connectivity index (χ3n) is 2.37. The van der Waals surface area contributed by atoms with Crippen LogP contribution in [0.3, 0.4) is 0 Å². The largest absolute Gasteiger partial charge is 0.240 e. The molecule has 1 rings (SSSR count). The molecule has 0 aromatic heterocycles. The summed E-state index contributed by atoms with van der Waals surface area (Å²) in [7, 11) is 3.04. The molecule has 4 nitrogen and oxygen atoms in total. The van der Waals surface area contributed by atoms with E-state index in [1.807, 2.05) is 6.26 Å². The summed E-state index contributed by atoms with van der Waals surface area (Å²) in [4.78, 5) is 19.6. The van der Waals surface area contributed by atoms with Crippen LogP contribution in [0.2, 0.25) is 0 Å². The van der Waals surface area contributed by atoms with Crippen LogP contribution in [0, 0.1) is 5.92 Å². The number of thioether (sulfide) groups is 1. The minimum absolute atomic E-state index is 0.0974. The third kappa shape index (κ3) is 2.16. The topological polar surface area (TPSA) is 36.9 Å². The van der Waals surface area contributed by atoms with E-state index in [4.69, 9.17) is 9.78 Å². The Kier molecular flexibility index (Phi) is 4.48. The van der Waals surface area contributed by atoms with Crippen molar-refractivity contribution < 1.29 is 19.6 Å². The van der Waals surface area contributed by atoms with Crippen LogP contribution in [0.1, 0.15) is 6.92 Å². The Morgan fingerprint density at radius 3 is 1.77 bits per heavy atom. The molecule has 0 N–H and O–H groups in total. The van der Waals surface area contributed by atoms with E-state index < -0.39 is 0 Å². The summed E-state index contributed by atoms with van der Waals surface area (Å²) in [5.41, 5.74) is 0. The lowest BCUT2D eigenvalue weighted by atomic mass is 9.79. The van der Waals surface area contributed by atoms with Crippen LogP contribution in [-0.4, -0.2) is 37.9 Å². The van der Waals surface area contributed by atoms with Crippen molar-refractivity contribution in [3.63, 3.8) is 0 Å². The van der Waals surface area contributed by atoms with Crippen LogP contribution in [-0.2, 0) is 19.6 Å². The van der Waals surface area contributed by atoms with Crippen molar-refractivity contribution in [1.29, 1.82) is 0 Å². The lowest BCUT2D eigenvalue weighted by molar-refractivity contribution is -0.388. The number of hydrogen-bond donors (Lipinski definition) is 0. The fourth-order valence-corrected chi connectivity index (χ4v) is 2.72. The molecule has 0 spiro atoms. The van der Waals surface area contributed by atoms with Gasteiger partial charge in [-0.1, -0.05) is 6.92 Å². The normalized spacial score (nSPS) is 38.8. The Morgan fingerprint density at radius 1 is 1.00 bits per heavy atom. The van der Waals surface area contributed by atoms with E-state index >= 15 is 0 Å². The highest BCUT2D eigenvalue weighted by atomic mass is 32.2. The highest BCUT2D eigenvalue weighted by Crippen LogP contribution is 2.40. The fraction of sp³-hybridized carbons (Fsp3) is 1.00. The predicted molar refractivity (Wildman–Crippen MR) is 50.2 cm³/mol. The molecule has 0 bridgehead atoms. The van der Waals surface area contributed by atoms with Crippen LogP contribution in [0.5, 0.6) is 0 Å². The molecule has 0 aromatic rings. The first-order valence-corrected chi connectivity index (χ1v) is 5.46. The molecule has 1 saturated carbocycles. The first-order valence-electron chi connectivity index (χ1n) is 4.18. The van der Waals surface area contributed by atoms with Gasteiger partial charge < -0.3 is 0 Å². The van der Waals surface area contributed by atoms with Crippen LogP contribution in [0.25, 0.3) is 0 Å². The molecule has 0 aliphatic heterocycles. The molecule has 2 unspecified atom stereocenters. The van der Waals surface area contributed by atoms with Gasteiger partial charge in [-0.15, -0.1) is 0 Å². The van der Waals surface area contributed by atoms with E-state index in [0.717, 1.165) is 0 Å². The predicted octanol–water partition coefficient (Wildman–Crippen LogP) is 1.26. The SMILES string of the molecule is COOC1C(C)C(OOC)C1SC. The molecule has 5 heteroatoms. The molecule has 78 valence electrons. The van der Waals surface area contributed by atoms with Crippen molar-refractivity contribution in [1.82, 2.24) is 0 Å². The first kappa shape index (κ1) is 11.3. The lowest BCUT2D eigenvalue weighted by Crippen LogP contribution is -2.58. The summed E-state index contributed by atoms with van der Waals surface area (Å²) in [6, 6.07) is 0. The Hall–Kier alpha value is 0.190. The van der Waals surface area contributed by atoms with Crippen LogP contribution in [0.4, 0.5) is 0 Å². The molecule has 13 heavy (non-hydrogen) atoms. The van der Waals surface area contributed by atoms with E-state index in [1.165, 1.54) is 14.2 Å². The number of hydrogen-bond acceptors (Lipinski definition) is 5. The van der Waals surface area contributed by atoms with Gasteiger partial charge >= 0.3 is 0 Å². The van der Waals surface area contributed by atoms with E-state index in [9.17, 15) is 0 Å². The maximum absolute atomic E-state index is 5.11. The summed E-state index contributed by atoms with van der Waals surface area (Å²) in [5, 5.41) is 0.287. The maximum atomic E-state index is 5.11. The van der Waals surface area contributed by atoms with Gasteiger partial charge in [-0.2, -0.15) is 11.8 Å². The highest BCUT2D eigenvalue weighted by molar-refractivity contribution is 7.99. The van der Waals surface area contributed by atoms with Crippen molar-refractivity contribution in [3.8, 4) is 0 Å². The average molecular weight is 208 g/mol. The van der Waals surface area contributed by atoms with E-state index in [0.29, 0.717) is 5.92 Å². The van der Waals surface area contributed by atoms with Crippen molar-refractivity contribution in [2.24, 2.45) is 5.92 Å². The van der Waals surface area contributed by atoms with Crippen molar-refractivity contribution in [3.05, 3.63) is 0 Å². The van der Waals surface area contributed by atoms with Crippen LogP contribution >= 0.6 is 11.8 Å². The molecule has 0 aromatic carbocycles. The molecule has 0 saturated heterocycles. The second-order valence-corrected chi connectivity index (χ2v) is 4.03. The molecular weight excluding hydrogens is 192 g/mol. The Labute approximate surface area is 82.7 Å². The third-order valence-corrected chi connectivity index (χ3v) is 3.45. The molecule has 0 amide bonds. The zero-order valence-electron chi connectivity index (χ0n) is 8.35. The minimum Gasteiger partial charge on any atom is -0.240 e. The van der Waals surface area contributed by atoms with Gasteiger partial charge in [-0.3, -0.25) is 0 Å². The first-order chi connectivity index (χ1) is 6.26. The van der Waals surface area contributed by atoms with Gasteiger partial charge in [0.05, 0.1) is 19.5 Å². The summed E-state index contributed by atoms with van der Waals surface area (Å²) >= 11 is 1.70. The molecule has 0 radical (unpaired) electrons. The van der Waals surface area contributed by atoms with Crippen molar-refractivity contribution in [2.75, 3.05) is 20.5 Å². The number of rotatable bonds is 5. The summed E-state index contributed by atoms with van der Waals surface area (Å²) in [5.74, 6) is 0.303. The van der Waals surface area contributed by atoms with Crippen LogP contribution < -0.4 is 0 Å². The second-order valence-electron chi connectivity index (χ2n) is 3.01. The maximum Gasteiger partial charge on any atom is 0.113 e. The molecule has 1 aliphatic carbocycles. The summed E-state index contributed by atoms with van der Waals surface area (Å²) in [6.07, 6.45) is 2.22. The van der Waals surface area contributed by atoms with Gasteiger partial charge in [-0.05, 0) is 6.26 Å². The van der Waals surface area contributed by atoms with Gasteiger partial charge in [0, 0.05) is 5.92 Å². The van der Waals surface area contributed by atoms with Gasteiger partial charge in [0.15, 0.2) is 0 Å². The molecule has 1 fully saturated rings. The molecule has 1 aliphatic rings. The van der Waals surface area contributed by atoms with Gasteiger partial charge in [0.1, 0.15) is 12.2 Å². The lowest BCUT2D eigenvalue weighted by Gasteiger charge is -2.46. The average Bonchev–Trinajstić information content (AvgIpc) is 2.15. The monoisotopic (exact) mass is 208 g/mol. The highest BCUT2D eigenvalue weighted by Gasteiger charge is 2.51. The van der Waals surface area contributed by atoms with Crippen molar-refractivity contribution in [2.45, 2.75) is 24.4 Å². The zero-order chi connectivity index (χ0) is 9.84. The van der Waals surface area contributed by atoms with Crippen molar-refractivity contribution >= 4 is 11.8 Å². The minimum atomic E-state index is 0.0974. The molecular formula is C8H16O4S. The van der Waals surface area contributed by atoms with Crippen LogP contribution in [0.15, 0.2) is 0 Å². The van der Waals surface area contributed by atoms with Gasteiger partial charge in [0.2, 0.25) is 0 Å². The van der Waals surface area contributed by atoms with Gasteiger partial charge in [0.25, 0.3) is 0 Å². The standard InChI is InChI=1S/C8H16O4S/c1-5-6(11-9-2)8(13-4)7(5)12-10-3/h5-8H,1-4H3.